The minimum atomic E-state index is -0.690. The molecule has 27 heavy (non-hydrogen) atoms. The first kappa shape index (κ1) is 16.8. The number of hydrogen-bond acceptors (Lipinski definition) is 6. The highest BCUT2D eigenvalue weighted by Gasteiger charge is 2.15. The van der Waals surface area contributed by atoms with Crippen molar-refractivity contribution in [1.29, 1.82) is 0 Å². The number of amides is 1. The molecule has 0 unspecified atom stereocenters. The number of aromatic nitrogens is 2. The SMILES string of the molecule is O=C(CCn1nc(-c2ccc(F)cc2)oc1=O)Nc1ccc2c(c1)OCO2. The predicted octanol–water partition coefficient (Wildman–Crippen LogP) is 2.40. The number of halogens is 1. The van der Waals surface area contributed by atoms with Crippen LogP contribution in [0.3, 0.4) is 0 Å². The van der Waals surface area contributed by atoms with E-state index in [9.17, 15) is 14.0 Å². The minimum absolute atomic E-state index is 0.0176. The van der Waals surface area contributed by atoms with Gasteiger partial charge in [0, 0.05) is 23.7 Å². The Labute approximate surface area is 152 Å². The second kappa shape index (κ2) is 6.94. The highest BCUT2D eigenvalue weighted by molar-refractivity contribution is 5.91. The summed E-state index contributed by atoms with van der Waals surface area (Å²) in [6.07, 6.45) is 0.0176. The third-order valence-corrected chi connectivity index (χ3v) is 3.90. The van der Waals surface area contributed by atoms with E-state index in [0.717, 1.165) is 4.68 Å². The first-order valence-corrected chi connectivity index (χ1v) is 8.12. The number of fused-ring (bicyclic) bond motifs is 1. The maximum absolute atomic E-state index is 13.0. The van der Waals surface area contributed by atoms with Crippen molar-refractivity contribution in [1.82, 2.24) is 9.78 Å². The van der Waals surface area contributed by atoms with E-state index in [2.05, 4.69) is 10.4 Å². The topological polar surface area (TPSA) is 95.6 Å². The summed E-state index contributed by atoms with van der Waals surface area (Å²) in [5.41, 5.74) is 1.03. The highest BCUT2D eigenvalue weighted by Crippen LogP contribution is 2.34. The summed E-state index contributed by atoms with van der Waals surface area (Å²) >= 11 is 0. The van der Waals surface area contributed by atoms with Crippen LogP contribution in [0.25, 0.3) is 11.5 Å². The first-order valence-electron chi connectivity index (χ1n) is 8.12. The van der Waals surface area contributed by atoms with Gasteiger partial charge in [-0.15, -0.1) is 5.10 Å². The molecule has 138 valence electrons. The van der Waals surface area contributed by atoms with Crippen LogP contribution in [-0.4, -0.2) is 22.5 Å². The molecule has 0 radical (unpaired) electrons. The fraction of sp³-hybridized carbons (Fsp3) is 0.167. The van der Waals surface area contributed by atoms with Crippen molar-refractivity contribution in [3.8, 4) is 23.0 Å². The molecule has 9 heteroatoms. The van der Waals surface area contributed by atoms with Crippen molar-refractivity contribution in [2.75, 3.05) is 12.1 Å². The lowest BCUT2D eigenvalue weighted by Crippen LogP contribution is -2.20. The molecule has 3 aromatic rings. The summed E-state index contributed by atoms with van der Waals surface area (Å²) in [6, 6.07) is 10.5. The van der Waals surface area contributed by atoms with Crippen molar-refractivity contribution in [3.63, 3.8) is 0 Å². The van der Waals surface area contributed by atoms with Gasteiger partial charge in [0.25, 0.3) is 0 Å². The molecule has 2 aromatic carbocycles. The molecule has 0 fully saturated rings. The van der Waals surface area contributed by atoms with E-state index in [0.29, 0.717) is 22.7 Å². The molecular weight excluding hydrogens is 357 g/mol. The number of carbonyl (C=O) groups excluding carboxylic acids is 1. The normalized spacial score (nSPS) is 12.2. The van der Waals surface area contributed by atoms with Gasteiger partial charge in [-0.3, -0.25) is 4.79 Å². The molecule has 0 spiro atoms. The standard InChI is InChI=1S/C18H14FN3O5/c19-12-3-1-11(2-4-12)17-21-22(18(24)27-17)8-7-16(23)20-13-5-6-14-15(9-13)26-10-25-14/h1-6,9H,7-8,10H2,(H,20,23). The number of hydrogen-bond donors (Lipinski definition) is 1. The molecule has 4 rings (SSSR count). The van der Waals surface area contributed by atoms with Crippen molar-refractivity contribution >= 4 is 11.6 Å². The molecule has 1 aromatic heterocycles. The van der Waals surface area contributed by atoms with Gasteiger partial charge in [-0.1, -0.05) is 0 Å². The summed E-state index contributed by atoms with van der Waals surface area (Å²) < 4.78 is 29.5. The Balaban J connectivity index is 1.39. The predicted molar refractivity (Wildman–Crippen MR) is 92.0 cm³/mol. The summed E-state index contributed by atoms with van der Waals surface area (Å²) in [6.45, 7) is 0.193. The monoisotopic (exact) mass is 371 g/mol. The average molecular weight is 371 g/mol. The quantitative estimate of drug-likeness (QED) is 0.740. The Morgan fingerprint density at radius 2 is 1.93 bits per heavy atom. The summed E-state index contributed by atoms with van der Waals surface area (Å²) in [4.78, 5) is 24.0. The van der Waals surface area contributed by atoms with Gasteiger partial charge in [0.2, 0.25) is 18.6 Å². The Bertz CT molecular complexity index is 1040. The van der Waals surface area contributed by atoms with Crippen LogP contribution in [0.1, 0.15) is 6.42 Å². The molecule has 0 aliphatic carbocycles. The van der Waals surface area contributed by atoms with Crippen LogP contribution in [-0.2, 0) is 11.3 Å². The molecule has 2 heterocycles. The Kier molecular flexibility index (Phi) is 4.33. The van der Waals surface area contributed by atoms with Gasteiger partial charge >= 0.3 is 5.76 Å². The maximum atomic E-state index is 13.0. The number of benzene rings is 2. The first-order chi connectivity index (χ1) is 13.1. The average Bonchev–Trinajstić information content (AvgIpc) is 3.26. The van der Waals surface area contributed by atoms with Crippen molar-refractivity contribution in [2.45, 2.75) is 13.0 Å². The zero-order chi connectivity index (χ0) is 18.8. The van der Waals surface area contributed by atoms with Crippen molar-refractivity contribution < 1.29 is 23.1 Å². The van der Waals surface area contributed by atoms with Crippen LogP contribution < -0.4 is 20.5 Å². The van der Waals surface area contributed by atoms with Crippen LogP contribution >= 0.6 is 0 Å². The number of anilines is 1. The van der Waals surface area contributed by atoms with Gasteiger partial charge in [-0.25, -0.2) is 9.18 Å². The number of aryl methyl sites for hydroxylation is 1. The van der Waals surface area contributed by atoms with Gasteiger partial charge in [-0.2, -0.15) is 4.68 Å². The van der Waals surface area contributed by atoms with E-state index in [4.69, 9.17) is 13.9 Å². The molecule has 0 atom stereocenters. The molecule has 8 nitrogen and oxygen atoms in total. The van der Waals surface area contributed by atoms with Crippen LogP contribution in [0, 0.1) is 5.82 Å². The van der Waals surface area contributed by atoms with E-state index < -0.39 is 11.6 Å². The molecule has 1 amide bonds. The molecule has 1 aliphatic heterocycles. The fourth-order valence-electron chi connectivity index (χ4n) is 2.56. The lowest BCUT2D eigenvalue weighted by Gasteiger charge is -2.05. The maximum Gasteiger partial charge on any atom is 0.437 e. The van der Waals surface area contributed by atoms with E-state index >= 15 is 0 Å². The number of nitrogens with one attached hydrogen (secondary N) is 1. The second-order valence-corrected chi connectivity index (χ2v) is 5.77. The lowest BCUT2D eigenvalue weighted by atomic mass is 10.2. The second-order valence-electron chi connectivity index (χ2n) is 5.77. The van der Waals surface area contributed by atoms with Crippen molar-refractivity contribution in [2.24, 2.45) is 0 Å². The van der Waals surface area contributed by atoms with Crippen LogP contribution in [0.2, 0.25) is 0 Å². The van der Waals surface area contributed by atoms with Crippen LogP contribution in [0.4, 0.5) is 10.1 Å². The smallest absolute Gasteiger partial charge is 0.437 e. The van der Waals surface area contributed by atoms with Crippen LogP contribution in [0.5, 0.6) is 11.5 Å². The number of rotatable bonds is 5. The molecule has 1 aliphatic rings. The summed E-state index contributed by atoms with van der Waals surface area (Å²) in [5, 5.41) is 6.75. The number of ether oxygens (including phenoxy) is 2. The Morgan fingerprint density at radius 3 is 2.74 bits per heavy atom. The van der Waals surface area contributed by atoms with Gasteiger partial charge in [0.05, 0.1) is 6.54 Å². The number of carbonyl (C=O) groups is 1. The van der Waals surface area contributed by atoms with Gasteiger partial charge in [0.1, 0.15) is 5.82 Å². The van der Waals surface area contributed by atoms with Crippen LogP contribution in [0.15, 0.2) is 51.7 Å². The van der Waals surface area contributed by atoms with Crippen molar-refractivity contribution in [3.05, 3.63) is 58.8 Å². The third-order valence-electron chi connectivity index (χ3n) is 3.90. The van der Waals surface area contributed by atoms with Gasteiger partial charge < -0.3 is 19.2 Å². The number of nitrogens with zero attached hydrogens (tertiary/aromatic N) is 2. The van der Waals surface area contributed by atoms with Gasteiger partial charge in [-0.05, 0) is 36.4 Å². The molecular formula is C18H14FN3O5. The van der Waals surface area contributed by atoms with E-state index in [-0.39, 0.29) is 31.6 Å². The van der Waals surface area contributed by atoms with E-state index in [1.165, 1.54) is 24.3 Å². The fourth-order valence-corrected chi connectivity index (χ4v) is 2.56. The molecule has 0 bridgehead atoms. The summed E-state index contributed by atoms with van der Waals surface area (Å²) in [7, 11) is 0. The summed E-state index contributed by atoms with van der Waals surface area (Å²) in [5.74, 6) is -0.144. The Morgan fingerprint density at radius 1 is 1.15 bits per heavy atom. The molecule has 1 N–H and O–H groups in total. The lowest BCUT2D eigenvalue weighted by molar-refractivity contribution is -0.116. The molecule has 0 saturated heterocycles. The largest absolute Gasteiger partial charge is 0.454 e. The minimum Gasteiger partial charge on any atom is -0.454 e. The highest BCUT2D eigenvalue weighted by atomic mass is 19.1. The van der Waals surface area contributed by atoms with Gasteiger partial charge in [0.15, 0.2) is 11.5 Å². The zero-order valence-corrected chi connectivity index (χ0v) is 14.0. The Hall–Kier alpha value is -3.62. The van der Waals surface area contributed by atoms with E-state index in [1.54, 1.807) is 18.2 Å². The third kappa shape index (κ3) is 3.66. The molecule has 0 saturated carbocycles. The zero-order valence-electron chi connectivity index (χ0n) is 14.0. The van der Waals surface area contributed by atoms with E-state index in [1.807, 2.05) is 0 Å².